The van der Waals surface area contributed by atoms with Gasteiger partial charge in [-0.1, -0.05) is 25.6 Å². The average Bonchev–Trinajstić information content (AvgIpc) is 2.82. The fourth-order valence-corrected chi connectivity index (χ4v) is 2.88. The lowest BCUT2D eigenvalue weighted by Gasteiger charge is -2.26. The minimum Gasteiger partial charge on any atom is -0.490 e. The molecular weight excluding hydrogens is 234 g/mol. The van der Waals surface area contributed by atoms with Gasteiger partial charge in [0.25, 0.3) is 0 Å². The molecule has 2 atom stereocenters. The lowest BCUT2D eigenvalue weighted by atomic mass is 10.0. The third-order valence-corrected chi connectivity index (χ3v) is 4.06. The van der Waals surface area contributed by atoms with Gasteiger partial charge in [-0.05, 0) is 56.0 Å². The Hall–Kier alpha value is -1.28. The van der Waals surface area contributed by atoms with Crippen molar-refractivity contribution in [3.05, 3.63) is 42.0 Å². The highest BCUT2D eigenvalue weighted by Crippen LogP contribution is 2.30. The van der Waals surface area contributed by atoms with Crippen LogP contribution in [0.15, 0.2) is 30.9 Å². The summed E-state index contributed by atoms with van der Waals surface area (Å²) in [6.45, 7) is 13.5. The van der Waals surface area contributed by atoms with Gasteiger partial charge in [0.15, 0.2) is 0 Å². The Kier molecular flexibility index (Phi) is 4.65. The summed E-state index contributed by atoms with van der Waals surface area (Å²) in [6, 6.07) is 6.91. The van der Waals surface area contributed by atoms with E-state index < -0.39 is 0 Å². The Bertz CT molecular complexity index is 441. The fourth-order valence-electron chi connectivity index (χ4n) is 2.88. The Balaban J connectivity index is 2.09. The van der Waals surface area contributed by atoms with E-state index in [0.717, 1.165) is 11.7 Å². The van der Waals surface area contributed by atoms with Crippen molar-refractivity contribution < 1.29 is 4.74 Å². The van der Waals surface area contributed by atoms with Crippen LogP contribution in [0.25, 0.3) is 0 Å². The number of aryl methyl sites for hydroxylation is 1. The molecule has 0 spiro atoms. The first-order valence-corrected chi connectivity index (χ1v) is 7.20. The molecule has 0 bridgehead atoms. The molecule has 19 heavy (non-hydrogen) atoms. The van der Waals surface area contributed by atoms with Crippen molar-refractivity contribution in [3.8, 4) is 5.75 Å². The molecule has 0 N–H and O–H groups in total. The molecule has 1 aromatic carbocycles. The first-order valence-electron chi connectivity index (χ1n) is 7.20. The predicted octanol–water partition coefficient (Wildman–Crippen LogP) is 3.96. The first-order chi connectivity index (χ1) is 9.11. The van der Waals surface area contributed by atoms with Gasteiger partial charge in [-0.15, -0.1) is 0 Å². The Morgan fingerprint density at radius 3 is 2.89 bits per heavy atom. The Labute approximate surface area is 117 Å². The van der Waals surface area contributed by atoms with Crippen molar-refractivity contribution in [1.82, 2.24) is 4.90 Å². The maximum absolute atomic E-state index is 5.58. The zero-order chi connectivity index (χ0) is 13.8. The molecular formula is C17H25NO. The van der Waals surface area contributed by atoms with Crippen LogP contribution in [0, 0.1) is 12.8 Å². The van der Waals surface area contributed by atoms with Crippen LogP contribution in [0.5, 0.6) is 5.75 Å². The third-order valence-electron chi connectivity index (χ3n) is 4.06. The normalized spacial score (nSPS) is 21.3. The number of benzene rings is 1. The van der Waals surface area contributed by atoms with E-state index in [1.807, 2.05) is 0 Å². The summed E-state index contributed by atoms with van der Waals surface area (Å²) in [5.74, 6) is 1.76. The molecule has 0 aliphatic carbocycles. The third kappa shape index (κ3) is 3.38. The van der Waals surface area contributed by atoms with Crippen LogP contribution in [0.3, 0.4) is 0 Å². The van der Waals surface area contributed by atoms with Gasteiger partial charge in [-0.2, -0.15) is 0 Å². The summed E-state index contributed by atoms with van der Waals surface area (Å²) in [7, 11) is 0. The van der Waals surface area contributed by atoms with E-state index in [1.165, 1.54) is 30.6 Å². The lowest BCUT2D eigenvalue weighted by Crippen LogP contribution is -2.24. The molecule has 0 saturated carbocycles. The number of rotatable bonds is 5. The van der Waals surface area contributed by atoms with Crippen LogP contribution in [0.4, 0.5) is 0 Å². The summed E-state index contributed by atoms with van der Waals surface area (Å²) in [5.41, 5.74) is 2.73. The van der Waals surface area contributed by atoms with Crippen LogP contribution in [0.2, 0.25) is 0 Å². The number of ether oxygens (including phenoxy) is 1. The van der Waals surface area contributed by atoms with Gasteiger partial charge in [0.1, 0.15) is 12.4 Å². The van der Waals surface area contributed by atoms with Crippen molar-refractivity contribution >= 4 is 0 Å². The number of nitrogens with zero attached hydrogens (tertiary/aromatic N) is 1. The molecule has 0 amide bonds. The highest BCUT2D eigenvalue weighted by atomic mass is 16.5. The molecule has 1 aliphatic heterocycles. The molecule has 2 heteroatoms. The summed E-state index contributed by atoms with van der Waals surface area (Å²) >= 11 is 0. The monoisotopic (exact) mass is 259 g/mol. The van der Waals surface area contributed by atoms with Crippen molar-refractivity contribution in [2.24, 2.45) is 5.92 Å². The topological polar surface area (TPSA) is 12.5 Å². The van der Waals surface area contributed by atoms with E-state index in [4.69, 9.17) is 4.74 Å². The minimum atomic E-state index is 0.499. The fraction of sp³-hybridized carbons (Fsp3) is 0.529. The highest BCUT2D eigenvalue weighted by molar-refractivity contribution is 5.36. The Morgan fingerprint density at radius 2 is 2.32 bits per heavy atom. The number of hydrogen-bond donors (Lipinski definition) is 0. The molecule has 2 rings (SSSR count). The lowest BCUT2D eigenvalue weighted by molar-refractivity contribution is 0.254. The van der Waals surface area contributed by atoms with E-state index in [-0.39, 0.29) is 0 Å². The summed E-state index contributed by atoms with van der Waals surface area (Å²) in [4.78, 5) is 2.58. The van der Waals surface area contributed by atoms with Crippen LogP contribution in [-0.4, -0.2) is 24.6 Å². The van der Waals surface area contributed by atoms with Gasteiger partial charge in [-0.3, -0.25) is 4.90 Å². The van der Waals surface area contributed by atoms with Gasteiger partial charge in [0.05, 0.1) is 0 Å². The van der Waals surface area contributed by atoms with E-state index in [2.05, 4.69) is 50.4 Å². The maximum atomic E-state index is 5.58. The predicted molar refractivity (Wildman–Crippen MR) is 80.6 cm³/mol. The van der Waals surface area contributed by atoms with Crippen molar-refractivity contribution in [2.75, 3.05) is 19.7 Å². The van der Waals surface area contributed by atoms with Crippen LogP contribution < -0.4 is 4.74 Å². The minimum absolute atomic E-state index is 0.499. The van der Waals surface area contributed by atoms with Gasteiger partial charge >= 0.3 is 0 Å². The van der Waals surface area contributed by atoms with E-state index in [0.29, 0.717) is 12.6 Å². The summed E-state index contributed by atoms with van der Waals surface area (Å²) < 4.78 is 5.58. The second-order valence-electron chi connectivity index (χ2n) is 5.68. The summed E-state index contributed by atoms with van der Waals surface area (Å²) in [6.07, 6.45) is 3.10. The molecule has 0 radical (unpaired) electrons. The summed E-state index contributed by atoms with van der Waals surface area (Å²) in [5, 5.41) is 0. The average molecular weight is 259 g/mol. The smallest absolute Gasteiger partial charge is 0.120 e. The van der Waals surface area contributed by atoms with E-state index >= 15 is 0 Å². The molecule has 104 valence electrons. The quantitative estimate of drug-likeness (QED) is 0.742. The van der Waals surface area contributed by atoms with E-state index in [9.17, 15) is 0 Å². The van der Waals surface area contributed by atoms with Gasteiger partial charge in [0.2, 0.25) is 0 Å². The maximum Gasteiger partial charge on any atom is 0.120 e. The van der Waals surface area contributed by atoms with Gasteiger partial charge in [-0.25, -0.2) is 0 Å². The van der Waals surface area contributed by atoms with Gasteiger partial charge in [0, 0.05) is 12.6 Å². The molecule has 1 unspecified atom stereocenters. The zero-order valence-electron chi connectivity index (χ0n) is 12.4. The van der Waals surface area contributed by atoms with Crippen LogP contribution >= 0.6 is 0 Å². The number of hydrogen-bond acceptors (Lipinski definition) is 2. The molecule has 0 aromatic heterocycles. The van der Waals surface area contributed by atoms with Crippen molar-refractivity contribution in [3.63, 3.8) is 0 Å². The molecule has 1 heterocycles. The van der Waals surface area contributed by atoms with E-state index in [1.54, 1.807) is 6.08 Å². The highest BCUT2D eigenvalue weighted by Gasteiger charge is 2.24. The second kappa shape index (κ2) is 6.25. The number of likely N-dealkylation sites (tertiary alicyclic amines) is 1. The molecule has 1 fully saturated rings. The van der Waals surface area contributed by atoms with Crippen molar-refractivity contribution in [1.29, 1.82) is 0 Å². The first kappa shape index (κ1) is 14.1. The zero-order valence-corrected chi connectivity index (χ0v) is 12.4. The van der Waals surface area contributed by atoms with Crippen LogP contribution in [-0.2, 0) is 0 Å². The largest absolute Gasteiger partial charge is 0.490 e. The van der Waals surface area contributed by atoms with Crippen molar-refractivity contribution in [2.45, 2.75) is 33.2 Å². The molecule has 2 nitrogen and oxygen atoms in total. The SMILES string of the molecule is C=CCOc1ccc(C(C)N2CC[C@@H](C)C2)c(C)c1. The molecule has 1 aromatic rings. The Morgan fingerprint density at radius 1 is 1.53 bits per heavy atom. The van der Waals surface area contributed by atoms with Crippen LogP contribution in [0.1, 0.15) is 37.4 Å². The second-order valence-corrected chi connectivity index (χ2v) is 5.68. The molecule has 1 aliphatic rings. The van der Waals surface area contributed by atoms with Gasteiger partial charge < -0.3 is 4.74 Å². The standard InChI is InChI=1S/C17H25NO/c1-5-10-19-16-6-7-17(14(3)11-16)15(4)18-9-8-13(2)12-18/h5-7,11,13,15H,1,8-10,12H2,2-4H3/t13-,15?/m1/s1. The molecule has 1 saturated heterocycles.